The molecule has 1 aliphatic rings. The fourth-order valence-corrected chi connectivity index (χ4v) is 2.52. The van der Waals surface area contributed by atoms with Gasteiger partial charge in [0.05, 0.1) is 6.04 Å². The number of rotatable bonds is 5. The zero-order chi connectivity index (χ0) is 15.4. The van der Waals surface area contributed by atoms with E-state index in [0.717, 1.165) is 24.9 Å². The van der Waals surface area contributed by atoms with Crippen molar-refractivity contribution >= 4 is 17.5 Å². The van der Waals surface area contributed by atoms with E-state index in [-0.39, 0.29) is 11.9 Å². The van der Waals surface area contributed by atoms with Gasteiger partial charge in [0.2, 0.25) is 17.6 Å². The van der Waals surface area contributed by atoms with E-state index in [1.165, 1.54) is 0 Å². The highest BCUT2D eigenvalue weighted by molar-refractivity contribution is 6.30. The average Bonchev–Trinajstić information content (AvgIpc) is 3.19. The molecule has 0 aliphatic carbocycles. The van der Waals surface area contributed by atoms with Crippen molar-refractivity contribution in [1.29, 1.82) is 0 Å². The van der Waals surface area contributed by atoms with Crippen LogP contribution in [0.3, 0.4) is 0 Å². The number of nitrogens with zero attached hydrogens (tertiary/aromatic N) is 2. The number of amides is 1. The van der Waals surface area contributed by atoms with Crippen molar-refractivity contribution in [2.75, 3.05) is 13.1 Å². The summed E-state index contributed by atoms with van der Waals surface area (Å²) in [6.45, 7) is 1.39. The Morgan fingerprint density at radius 3 is 2.95 bits per heavy atom. The molecular formula is C15H17ClN4O2. The van der Waals surface area contributed by atoms with Crippen molar-refractivity contribution in [3.05, 3.63) is 35.2 Å². The molecule has 2 N–H and O–H groups in total. The summed E-state index contributed by atoms with van der Waals surface area (Å²) in [5.41, 5.74) is 0.846. The van der Waals surface area contributed by atoms with Crippen LogP contribution in [0.1, 0.15) is 18.7 Å². The molecule has 2 heterocycles. The quantitative estimate of drug-likeness (QED) is 0.878. The zero-order valence-electron chi connectivity index (χ0n) is 12.0. The summed E-state index contributed by atoms with van der Waals surface area (Å²) in [6, 6.07) is 7.17. The number of nitrogens with one attached hydrogen (secondary N) is 2. The van der Waals surface area contributed by atoms with Crippen molar-refractivity contribution in [3.8, 4) is 11.4 Å². The number of carbonyl (C=O) groups is 1. The molecule has 0 bridgehead atoms. The second kappa shape index (κ2) is 6.89. The van der Waals surface area contributed by atoms with Crippen LogP contribution in [0.4, 0.5) is 0 Å². The van der Waals surface area contributed by atoms with E-state index in [4.69, 9.17) is 16.1 Å². The van der Waals surface area contributed by atoms with Crippen LogP contribution in [0.25, 0.3) is 11.4 Å². The Hall–Kier alpha value is -1.92. The molecule has 0 radical (unpaired) electrons. The van der Waals surface area contributed by atoms with E-state index < -0.39 is 0 Å². The third kappa shape index (κ3) is 3.64. The third-order valence-corrected chi connectivity index (χ3v) is 3.84. The van der Waals surface area contributed by atoms with Crippen molar-refractivity contribution in [1.82, 2.24) is 20.8 Å². The normalized spacial score (nSPS) is 17.6. The fourth-order valence-electron chi connectivity index (χ4n) is 2.40. The summed E-state index contributed by atoms with van der Waals surface area (Å²) in [6.07, 6.45) is 2.46. The molecule has 1 amide bonds. The second-order valence-electron chi connectivity index (χ2n) is 5.21. The van der Waals surface area contributed by atoms with Crippen LogP contribution in [-0.2, 0) is 11.2 Å². The first-order chi connectivity index (χ1) is 10.7. The predicted octanol–water partition coefficient (Wildman–Crippen LogP) is 1.80. The molecule has 22 heavy (non-hydrogen) atoms. The van der Waals surface area contributed by atoms with Crippen LogP contribution < -0.4 is 10.6 Å². The van der Waals surface area contributed by atoms with Crippen molar-refractivity contribution in [3.63, 3.8) is 0 Å². The summed E-state index contributed by atoms with van der Waals surface area (Å²) in [5, 5.41) is 10.6. The van der Waals surface area contributed by atoms with Crippen LogP contribution in [0, 0.1) is 0 Å². The maximum atomic E-state index is 11.8. The minimum Gasteiger partial charge on any atom is -0.354 e. The number of aromatic nitrogens is 2. The van der Waals surface area contributed by atoms with Crippen LogP contribution in [-0.4, -0.2) is 35.2 Å². The van der Waals surface area contributed by atoms with Gasteiger partial charge in [-0.3, -0.25) is 4.79 Å². The van der Waals surface area contributed by atoms with Crippen molar-refractivity contribution in [2.24, 2.45) is 0 Å². The fraction of sp³-hybridized carbons (Fsp3) is 0.400. The molecule has 1 aromatic heterocycles. The van der Waals surface area contributed by atoms with E-state index in [9.17, 15) is 4.79 Å². The average molecular weight is 321 g/mol. The van der Waals surface area contributed by atoms with Crippen molar-refractivity contribution in [2.45, 2.75) is 25.3 Å². The molecule has 1 aliphatic heterocycles. The molecule has 6 nitrogen and oxygen atoms in total. The maximum absolute atomic E-state index is 11.8. The Morgan fingerprint density at radius 2 is 2.23 bits per heavy atom. The van der Waals surface area contributed by atoms with E-state index >= 15 is 0 Å². The molecule has 7 heteroatoms. The molecule has 1 fully saturated rings. The van der Waals surface area contributed by atoms with E-state index in [1.807, 2.05) is 12.1 Å². The molecule has 2 aromatic rings. The highest BCUT2D eigenvalue weighted by atomic mass is 35.5. The number of hydrogen-bond acceptors (Lipinski definition) is 5. The summed E-state index contributed by atoms with van der Waals surface area (Å²) in [7, 11) is 0. The smallest absolute Gasteiger partial charge is 0.237 e. The zero-order valence-corrected chi connectivity index (χ0v) is 12.8. The Kier molecular flexibility index (Phi) is 4.70. The van der Waals surface area contributed by atoms with Crippen LogP contribution >= 0.6 is 11.6 Å². The number of hydrogen-bond donors (Lipinski definition) is 2. The van der Waals surface area contributed by atoms with Gasteiger partial charge in [0, 0.05) is 23.6 Å². The maximum Gasteiger partial charge on any atom is 0.237 e. The standard InChI is InChI=1S/C15H17ClN4O2/c16-11-5-3-10(4-6-11)14-19-13(22-20-14)7-9-18-15(21)12-2-1-8-17-12/h3-6,12,17H,1-2,7-9H2,(H,18,21). The molecular weight excluding hydrogens is 304 g/mol. The Balaban J connectivity index is 1.51. The monoisotopic (exact) mass is 320 g/mol. The summed E-state index contributed by atoms with van der Waals surface area (Å²) < 4.78 is 5.20. The molecule has 1 atom stereocenters. The topological polar surface area (TPSA) is 80.1 Å². The largest absolute Gasteiger partial charge is 0.354 e. The van der Waals surface area contributed by atoms with Gasteiger partial charge < -0.3 is 15.2 Å². The summed E-state index contributed by atoms with van der Waals surface area (Å²) in [4.78, 5) is 16.2. The summed E-state index contributed by atoms with van der Waals surface area (Å²) in [5.74, 6) is 1.06. The highest BCUT2D eigenvalue weighted by Crippen LogP contribution is 2.18. The predicted molar refractivity (Wildman–Crippen MR) is 82.5 cm³/mol. The lowest BCUT2D eigenvalue weighted by molar-refractivity contribution is -0.122. The van der Waals surface area contributed by atoms with Gasteiger partial charge in [-0.15, -0.1) is 0 Å². The van der Waals surface area contributed by atoms with Crippen LogP contribution in [0.2, 0.25) is 5.02 Å². The first kappa shape index (κ1) is 15.0. The van der Waals surface area contributed by atoms with Gasteiger partial charge in [0.1, 0.15) is 0 Å². The van der Waals surface area contributed by atoms with Crippen molar-refractivity contribution < 1.29 is 9.32 Å². The van der Waals surface area contributed by atoms with E-state index in [2.05, 4.69) is 20.8 Å². The lowest BCUT2D eigenvalue weighted by Crippen LogP contribution is -2.41. The van der Waals surface area contributed by atoms with Gasteiger partial charge in [-0.25, -0.2) is 0 Å². The Labute approximate surface area is 133 Å². The minimum absolute atomic E-state index is 0.0370. The molecule has 0 spiro atoms. The van der Waals surface area contributed by atoms with Gasteiger partial charge in [-0.05, 0) is 43.7 Å². The van der Waals surface area contributed by atoms with E-state index in [0.29, 0.717) is 29.7 Å². The molecule has 3 rings (SSSR count). The number of halogens is 1. The molecule has 116 valence electrons. The molecule has 1 saturated heterocycles. The van der Waals surface area contributed by atoms with Crippen LogP contribution in [0.15, 0.2) is 28.8 Å². The van der Waals surface area contributed by atoms with Crippen LogP contribution in [0.5, 0.6) is 0 Å². The second-order valence-corrected chi connectivity index (χ2v) is 5.65. The highest BCUT2D eigenvalue weighted by Gasteiger charge is 2.21. The van der Waals surface area contributed by atoms with Gasteiger partial charge in [-0.1, -0.05) is 16.8 Å². The number of benzene rings is 1. The van der Waals surface area contributed by atoms with Gasteiger partial charge in [-0.2, -0.15) is 4.98 Å². The third-order valence-electron chi connectivity index (χ3n) is 3.59. The van der Waals surface area contributed by atoms with Gasteiger partial charge in [0.15, 0.2) is 0 Å². The first-order valence-corrected chi connectivity index (χ1v) is 7.70. The lowest BCUT2D eigenvalue weighted by atomic mass is 10.2. The first-order valence-electron chi connectivity index (χ1n) is 7.32. The number of carbonyl (C=O) groups excluding carboxylic acids is 1. The molecule has 1 unspecified atom stereocenters. The van der Waals surface area contributed by atoms with E-state index in [1.54, 1.807) is 12.1 Å². The SMILES string of the molecule is O=C(NCCc1nc(-c2ccc(Cl)cc2)no1)C1CCCN1. The Morgan fingerprint density at radius 1 is 1.41 bits per heavy atom. The molecule has 0 saturated carbocycles. The lowest BCUT2D eigenvalue weighted by Gasteiger charge is -2.09. The van der Waals surface area contributed by atoms with Gasteiger partial charge in [0.25, 0.3) is 0 Å². The summed E-state index contributed by atoms with van der Waals surface area (Å²) >= 11 is 5.85. The molecule has 1 aromatic carbocycles. The Bertz CT molecular complexity index is 635. The van der Waals surface area contributed by atoms with Gasteiger partial charge >= 0.3 is 0 Å². The minimum atomic E-state index is -0.0627.